The maximum atomic E-state index is 12.5. The van der Waals surface area contributed by atoms with Crippen LogP contribution in [0.25, 0.3) is 0 Å². The highest BCUT2D eigenvalue weighted by atomic mass is 32.2. The Kier molecular flexibility index (Phi) is 6.48. The molecule has 0 aromatic rings. The third-order valence-corrected chi connectivity index (χ3v) is 4.96. The summed E-state index contributed by atoms with van der Waals surface area (Å²) in [5.41, 5.74) is -5.23. The molecule has 1 aliphatic heterocycles. The molecular formula is C12H23F3N4O2S. The van der Waals surface area contributed by atoms with Crippen LogP contribution in [0.15, 0.2) is 4.99 Å². The molecule has 0 radical (unpaired) electrons. The first kappa shape index (κ1) is 19.0. The average Bonchev–Trinajstić information content (AvgIpc) is 2.42. The van der Waals surface area contributed by atoms with Gasteiger partial charge >= 0.3 is 15.5 Å². The van der Waals surface area contributed by atoms with Crippen molar-refractivity contribution in [2.75, 3.05) is 26.7 Å². The molecule has 0 aliphatic carbocycles. The molecule has 1 heterocycles. The van der Waals surface area contributed by atoms with Crippen molar-refractivity contribution in [3.8, 4) is 0 Å². The molecule has 1 aliphatic rings. The van der Waals surface area contributed by atoms with E-state index in [2.05, 4.69) is 15.6 Å². The van der Waals surface area contributed by atoms with Gasteiger partial charge in [-0.3, -0.25) is 4.99 Å². The van der Waals surface area contributed by atoms with Crippen LogP contribution in [0.2, 0.25) is 0 Å². The van der Waals surface area contributed by atoms with E-state index in [0.29, 0.717) is 29.0 Å². The number of alkyl halides is 3. The Morgan fingerprint density at radius 2 is 1.86 bits per heavy atom. The van der Waals surface area contributed by atoms with Crippen molar-refractivity contribution in [1.82, 2.24) is 14.9 Å². The summed E-state index contributed by atoms with van der Waals surface area (Å²) < 4.78 is 60.6. The highest BCUT2D eigenvalue weighted by Gasteiger charge is 2.50. The zero-order valence-electron chi connectivity index (χ0n) is 12.9. The first-order valence-electron chi connectivity index (χ1n) is 7.11. The van der Waals surface area contributed by atoms with E-state index in [-0.39, 0.29) is 19.1 Å². The maximum Gasteiger partial charge on any atom is 0.511 e. The molecule has 0 saturated carbocycles. The van der Waals surface area contributed by atoms with E-state index < -0.39 is 15.5 Å². The van der Waals surface area contributed by atoms with Gasteiger partial charge in [-0.05, 0) is 18.8 Å². The second kappa shape index (κ2) is 7.49. The first-order chi connectivity index (χ1) is 10.1. The van der Waals surface area contributed by atoms with E-state index in [1.807, 2.05) is 13.8 Å². The van der Waals surface area contributed by atoms with Crippen LogP contribution in [-0.2, 0) is 10.0 Å². The van der Waals surface area contributed by atoms with Crippen molar-refractivity contribution in [3.05, 3.63) is 0 Å². The van der Waals surface area contributed by atoms with Gasteiger partial charge < -0.3 is 10.6 Å². The number of aliphatic imine (C=N–C) groups is 1. The number of guanidine groups is 1. The van der Waals surface area contributed by atoms with Gasteiger partial charge in [0, 0.05) is 32.7 Å². The molecule has 130 valence electrons. The number of piperidine rings is 1. The fraction of sp³-hybridized carbons (Fsp3) is 0.917. The lowest BCUT2D eigenvalue weighted by Gasteiger charge is -2.32. The number of nitrogens with zero attached hydrogens (tertiary/aromatic N) is 2. The molecule has 2 N–H and O–H groups in total. The van der Waals surface area contributed by atoms with Crippen LogP contribution >= 0.6 is 0 Å². The smallest absolute Gasteiger partial charge is 0.356 e. The average molecular weight is 344 g/mol. The molecule has 0 bridgehead atoms. The molecule has 0 atom stereocenters. The van der Waals surface area contributed by atoms with Crippen molar-refractivity contribution in [1.29, 1.82) is 0 Å². The lowest BCUT2D eigenvalue weighted by atomic mass is 10.1. The number of hydrogen-bond donors (Lipinski definition) is 2. The topological polar surface area (TPSA) is 73.8 Å². The lowest BCUT2D eigenvalue weighted by molar-refractivity contribution is -0.0494. The van der Waals surface area contributed by atoms with Gasteiger partial charge in [0.2, 0.25) is 0 Å². The predicted molar refractivity (Wildman–Crippen MR) is 78.9 cm³/mol. The van der Waals surface area contributed by atoms with Crippen molar-refractivity contribution in [2.45, 2.75) is 38.2 Å². The Morgan fingerprint density at radius 1 is 1.32 bits per heavy atom. The van der Waals surface area contributed by atoms with Gasteiger partial charge in [-0.25, -0.2) is 8.42 Å². The van der Waals surface area contributed by atoms with Crippen LogP contribution in [0.4, 0.5) is 13.2 Å². The number of hydrogen-bond acceptors (Lipinski definition) is 3. The SMILES string of the molecule is CN=C(NCC(C)C)NC1CCN(S(=O)(=O)C(F)(F)F)CC1. The number of halogens is 3. The van der Waals surface area contributed by atoms with Crippen molar-refractivity contribution >= 4 is 16.0 Å². The van der Waals surface area contributed by atoms with Crippen molar-refractivity contribution in [2.24, 2.45) is 10.9 Å². The second-order valence-electron chi connectivity index (χ2n) is 5.62. The molecule has 1 saturated heterocycles. The van der Waals surface area contributed by atoms with E-state index in [1.165, 1.54) is 0 Å². The normalized spacial score (nSPS) is 19.5. The zero-order valence-corrected chi connectivity index (χ0v) is 13.8. The summed E-state index contributed by atoms with van der Waals surface area (Å²) in [6.45, 7) is 4.50. The molecule has 10 heteroatoms. The minimum absolute atomic E-state index is 0.0990. The maximum absolute atomic E-state index is 12.5. The van der Waals surface area contributed by atoms with E-state index in [1.54, 1.807) is 7.05 Å². The monoisotopic (exact) mass is 344 g/mol. The molecule has 1 fully saturated rings. The standard InChI is InChI=1S/C12H23F3N4O2S/c1-9(2)8-17-11(16-3)18-10-4-6-19(7-5-10)22(20,21)12(13,14)15/h9-10H,4-8H2,1-3H3,(H2,16,17,18). The van der Waals surface area contributed by atoms with Gasteiger partial charge in [0.25, 0.3) is 0 Å². The van der Waals surface area contributed by atoms with Gasteiger partial charge in [-0.1, -0.05) is 13.8 Å². The zero-order chi connectivity index (χ0) is 17.0. The first-order valence-corrected chi connectivity index (χ1v) is 8.55. The lowest BCUT2D eigenvalue weighted by Crippen LogP contribution is -2.52. The summed E-state index contributed by atoms with van der Waals surface area (Å²) in [6.07, 6.45) is 0.607. The van der Waals surface area contributed by atoms with Gasteiger partial charge in [-0.2, -0.15) is 17.5 Å². The summed E-state index contributed by atoms with van der Waals surface area (Å²) in [7, 11) is -3.61. The van der Waals surface area contributed by atoms with Crippen LogP contribution in [0.5, 0.6) is 0 Å². The van der Waals surface area contributed by atoms with Crippen LogP contribution in [0, 0.1) is 5.92 Å². The molecule has 0 aromatic heterocycles. The van der Waals surface area contributed by atoms with Crippen molar-refractivity contribution in [3.63, 3.8) is 0 Å². The Bertz CT molecular complexity index is 483. The molecule has 6 nitrogen and oxygen atoms in total. The molecule has 0 amide bonds. The summed E-state index contributed by atoms with van der Waals surface area (Å²) in [5.74, 6) is 1.00. The fourth-order valence-electron chi connectivity index (χ4n) is 2.08. The Morgan fingerprint density at radius 3 is 2.27 bits per heavy atom. The van der Waals surface area contributed by atoms with Gasteiger partial charge in [0.1, 0.15) is 0 Å². The molecule has 0 unspecified atom stereocenters. The number of nitrogens with one attached hydrogen (secondary N) is 2. The van der Waals surface area contributed by atoms with E-state index in [4.69, 9.17) is 0 Å². The molecule has 0 spiro atoms. The number of rotatable bonds is 4. The predicted octanol–water partition coefficient (Wildman–Crippen LogP) is 1.12. The highest BCUT2D eigenvalue weighted by Crippen LogP contribution is 2.28. The van der Waals surface area contributed by atoms with E-state index in [9.17, 15) is 21.6 Å². The van der Waals surface area contributed by atoms with E-state index >= 15 is 0 Å². The summed E-state index contributed by atoms with van der Waals surface area (Å²) >= 11 is 0. The Balaban J connectivity index is 2.52. The Labute approximate surface area is 129 Å². The summed E-state index contributed by atoms with van der Waals surface area (Å²) in [4.78, 5) is 4.04. The van der Waals surface area contributed by atoms with E-state index in [0.717, 1.165) is 6.54 Å². The third-order valence-electron chi connectivity index (χ3n) is 3.33. The molecule has 0 aromatic carbocycles. The quantitative estimate of drug-likeness (QED) is 0.592. The Hall–Kier alpha value is -1.03. The van der Waals surface area contributed by atoms with Gasteiger partial charge in [0.05, 0.1) is 0 Å². The molecular weight excluding hydrogens is 321 g/mol. The van der Waals surface area contributed by atoms with Gasteiger partial charge in [-0.15, -0.1) is 0 Å². The van der Waals surface area contributed by atoms with Crippen LogP contribution in [-0.4, -0.2) is 56.9 Å². The second-order valence-corrected chi connectivity index (χ2v) is 7.54. The van der Waals surface area contributed by atoms with Crippen LogP contribution < -0.4 is 10.6 Å². The summed E-state index contributed by atoms with van der Waals surface area (Å²) in [5, 5.41) is 6.22. The number of sulfonamides is 1. The largest absolute Gasteiger partial charge is 0.511 e. The highest BCUT2D eigenvalue weighted by molar-refractivity contribution is 7.90. The van der Waals surface area contributed by atoms with Crippen molar-refractivity contribution < 1.29 is 21.6 Å². The minimum atomic E-state index is -5.23. The molecule has 22 heavy (non-hydrogen) atoms. The molecule has 1 rings (SSSR count). The van der Waals surface area contributed by atoms with Gasteiger partial charge in [0.15, 0.2) is 5.96 Å². The van der Waals surface area contributed by atoms with Crippen LogP contribution in [0.1, 0.15) is 26.7 Å². The minimum Gasteiger partial charge on any atom is -0.356 e. The fourth-order valence-corrected chi connectivity index (χ4v) is 3.06. The summed E-state index contributed by atoms with van der Waals surface area (Å²) in [6, 6.07) is -0.0990. The third kappa shape index (κ3) is 5.01. The van der Waals surface area contributed by atoms with Crippen LogP contribution in [0.3, 0.4) is 0 Å².